The van der Waals surface area contributed by atoms with Crippen LogP contribution in [0.25, 0.3) is 11.3 Å². The zero-order chi connectivity index (χ0) is 23.1. The molecule has 9 nitrogen and oxygen atoms in total. The Morgan fingerprint density at radius 3 is 2.70 bits per heavy atom. The van der Waals surface area contributed by atoms with Gasteiger partial charge in [0.2, 0.25) is 5.78 Å². The van der Waals surface area contributed by atoms with Crippen molar-refractivity contribution in [2.75, 3.05) is 19.8 Å². The summed E-state index contributed by atoms with van der Waals surface area (Å²) in [5, 5.41) is 4.26. The molecule has 168 valence electrons. The van der Waals surface area contributed by atoms with Crippen molar-refractivity contribution < 1.29 is 23.8 Å². The third kappa shape index (κ3) is 3.61. The first-order chi connectivity index (χ1) is 15.9. The largest absolute Gasteiger partial charge is 0.486 e. The molecule has 9 heteroatoms. The normalized spacial score (nSPS) is 12.7. The predicted octanol–water partition coefficient (Wildman–Crippen LogP) is 3.26. The van der Waals surface area contributed by atoms with Crippen molar-refractivity contribution >= 4 is 17.4 Å². The number of esters is 1. The highest BCUT2D eigenvalue weighted by atomic mass is 16.6. The van der Waals surface area contributed by atoms with Gasteiger partial charge in [0.1, 0.15) is 18.8 Å². The van der Waals surface area contributed by atoms with Crippen molar-refractivity contribution in [3.63, 3.8) is 0 Å². The molecule has 0 aliphatic carbocycles. The van der Waals surface area contributed by atoms with Gasteiger partial charge in [-0.1, -0.05) is 0 Å². The van der Waals surface area contributed by atoms with Crippen molar-refractivity contribution in [1.82, 2.24) is 19.2 Å². The van der Waals surface area contributed by atoms with Gasteiger partial charge in [0.05, 0.1) is 5.69 Å². The molecule has 5 rings (SSSR count). The van der Waals surface area contributed by atoms with Gasteiger partial charge in [-0.3, -0.25) is 4.79 Å². The number of ether oxygens (including phenoxy) is 3. The van der Waals surface area contributed by atoms with Gasteiger partial charge in [0.15, 0.2) is 23.8 Å². The number of rotatable bonds is 5. The molecule has 4 aromatic rings. The molecular formula is C24H22N4O5. The van der Waals surface area contributed by atoms with Crippen LogP contribution < -0.4 is 9.47 Å². The molecule has 0 unspecified atom stereocenters. The number of hydrogen-bond donors (Lipinski definition) is 0. The Balaban J connectivity index is 1.36. The summed E-state index contributed by atoms with van der Waals surface area (Å²) in [5.41, 5.74) is 4.11. The van der Waals surface area contributed by atoms with E-state index in [0.29, 0.717) is 41.6 Å². The van der Waals surface area contributed by atoms with Crippen molar-refractivity contribution in [1.29, 1.82) is 0 Å². The molecule has 0 saturated carbocycles. The van der Waals surface area contributed by atoms with Crippen LogP contribution in [-0.2, 0) is 4.74 Å². The van der Waals surface area contributed by atoms with Gasteiger partial charge in [0, 0.05) is 41.1 Å². The Bertz CT molecular complexity index is 1400. The lowest BCUT2D eigenvalue weighted by Crippen LogP contribution is -2.16. The number of fused-ring (bicyclic) bond motifs is 2. The molecule has 1 aliphatic heterocycles. The maximum Gasteiger partial charge on any atom is 0.344 e. The van der Waals surface area contributed by atoms with Crippen LogP contribution in [0.15, 0.2) is 42.7 Å². The number of benzene rings is 1. The molecule has 0 N–H and O–H groups in total. The smallest absolute Gasteiger partial charge is 0.344 e. The van der Waals surface area contributed by atoms with E-state index in [1.54, 1.807) is 31.5 Å². The number of aromatic nitrogens is 4. The van der Waals surface area contributed by atoms with Crippen molar-refractivity contribution in [2.45, 2.75) is 20.8 Å². The molecule has 0 saturated heterocycles. The fourth-order valence-electron chi connectivity index (χ4n) is 4.13. The highest BCUT2D eigenvalue weighted by Gasteiger charge is 2.23. The standard InChI is InChI=1S/C24H22N4O5/c1-14-11-18(16(3)28(14)17-5-6-20-21(12-17)32-10-9-31-20)19(29)13-33-24(30)22-15(2)26-27-8-4-7-25-23(22)27/h4-8,11-12H,9-10,13H2,1-3H3. The fourth-order valence-corrected chi connectivity index (χ4v) is 4.13. The van der Waals surface area contributed by atoms with E-state index in [1.165, 1.54) is 4.52 Å². The fraction of sp³-hybridized carbons (Fsp3) is 0.250. The minimum Gasteiger partial charge on any atom is -0.486 e. The van der Waals surface area contributed by atoms with E-state index in [2.05, 4.69) is 10.1 Å². The van der Waals surface area contributed by atoms with Crippen molar-refractivity contribution in [3.8, 4) is 17.2 Å². The summed E-state index contributed by atoms with van der Waals surface area (Å²) in [7, 11) is 0. The predicted molar refractivity (Wildman–Crippen MR) is 119 cm³/mol. The average molecular weight is 446 g/mol. The number of nitrogens with zero attached hydrogens (tertiary/aromatic N) is 4. The Morgan fingerprint density at radius 1 is 1.09 bits per heavy atom. The van der Waals surface area contributed by atoms with E-state index in [4.69, 9.17) is 14.2 Å². The first-order valence-corrected chi connectivity index (χ1v) is 10.5. The molecule has 33 heavy (non-hydrogen) atoms. The summed E-state index contributed by atoms with van der Waals surface area (Å²) in [4.78, 5) is 29.8. The van der Waals surface area contributed by atoms with E-state index < -0.39 is 5.97 Å². The maximum absolute atomic E-state index is 12.9. The van der Waals surface area contributed by atoms with Gasteiger partial charge >= 0.3 is 5.97 Å². The van der Waals surface area contributed by atoms with Gasteiger partial charge in [-0.2, -0.15) is 5.10 Å². The summed E-state index contributed by atoms with van der Waals surface area (Å²) >= 11 is 0. The summed E-state index contributed by atoms with van der Waals surface area (Å²) in [6.45, 7) is 6.12. The van der Waals surface area contributed by atoms with Crippen molar-refractivity contribution in [3.05, 3.63) is 70.9 Å². The third-order valence-corrected chi connectivity index (χ3v) is 5.62. The quantitative estimate of drug-likeness (QED) is 0.343. The minimum atomic E-state index is -0.629. The minimum absolute atomic E-state index is 0.255. The Kier molecular flexibility index (Phi) is 5.08. The van der Waals surface area contributed by atoms with E-state index in [-0.39, 0.29) is 18.0 Å². The third-order valence-electron chi connectivity index (χ3n) is 5.62. The van der Waals surface area contributed by atoms with Crippen LogP contribution >= 0.6 is 0 Å². The lowest BCUT2D eigenvalue weighted by Gasteiger charge is -2.20. The van der Waals surface area contributed by atoms with Gasteiger partial charge < -0.3 is 18.8 Å². The summed E-state index contributed by atoms with van der Waals surface area (Å²) < 4.78 is 20.1. The van der Waals surface area contributed by atoms with Crippen LogP contribution in [0.3, 0.4) is 0 Å². The molecule has 1 aromatic carbocycles. The maximum atomic E-state index is 12.9. The molecule has 0 fully saturated rings. The second-order valence-electron chi connectivity index (χ2n) is 7.80. The lowest BCUT2D eigenvalue weighted by molar-refractivity contribution is 0.0475. The van der Waals surface area contributed by atoms with Gasteiger partial charge in [0.25, 0.3) is 0 Å². The molecule has 1 aliphatic rings. The SMILES string of the molecule is Cc1nn2cccnc2c1C(=O)OCC(=O)c1cc(C)n(-c2ccc3c(c2)OCCO3)c1C. The topological polar surface area (TPSA) is 97.0 Å². The number of hydrogen-bond acceptors (Lipinski definition) is 7. The molecule has 3 aromatic heterocycles. The molecule has 0 radical (unpaired) electrons. The Labute approximate surface area is 189 Å². The lowest BCUT2D eigenvalue weighted by atomic mass is 10.1. The van der Waals surface area contributed by atoms with Crippen LogP contribution in [0.4, 0.5) is 0 Å². The average Bonchev–Trinajstić information content (AvgIpc) is 3.31. The Morgan fingerprint density at radius 2 is 1.88 bits per heavy atom. The Hall–Kier alpha value is -4.14. The monoisotopic (exact) mass is 446 g/mol. The molecule has 4 heterocycles. The number of aryl methyl sites for hydroxylation is 2. The zero-order valence-corrected chi connectivity index (χ0v) is 18.5. The van der Waals surface area contributed by atoms with Crippen LogP contribution in [0, 0.1) is 20.8 Å². The zero-order valence-electron chi connectivity index (χ0n) is 18.5. The van der Waals surface area contributed by atoms with E-state index in [9.17, 15) is 9.59 Å². The second kappa shape index (κ2) is 8.09. The second-order valence-corrected chi connectivity index (χ2v) is 7.80. The van der Waals surface area contributed by atoms with Crippen LogP contribution in [0.1, 0.15) is 37.8 Å². The van der Waals surface area contributed by atoms with Crippen LogP contribution in [0.5, 0.6) is 11.5 Å². The number of carbonyl (C=O) groups is 2. The molecule has 0 amide bonds. The number of carbonyl (C=O) groups excluding carboxylic acids is 2. The molecular weight excluding hydrogens is 424 g/mol. The van der Waals surface area contributed by atoms with Gasteiger partial charge in [-0.05, 0) is 45.0 Å². The molecule has 0 spiro atoms. The van der Waals surface area contributed by atoms with Crippen molar-refractivity contribution in [2.24, 2.45) is 0 Å². The van der Waals surface area contributed by atoms with Crippen LogP contribution in [0.2, 0.25) is 0 Å². The van der Waals surface area contributed by atoms with E-state index >= 15 is 0 Å². The highest BCUT2D eigenvalue weighted by Crippen LogP contribution is 2.33. The first-order valence-electron chi connectivity index (χ1n) is 10.5. The molecule has 0 atom stereocenters. The summed E-state index contributed by atoms with van der Waals surface area (Å²) in [5.74, 6) is 0.455. The number of Topliss-reactive ketones (excluding diaryl/α,β-unsaturated/α-hetero) is 1. The summed E-state index contributed by atoms with van der Waals surface area (Å²) in [6.07, 6.45) is 3.27. The summed E-state index contributed by atoms with van der Waals surface area (Å²) in [6, 6.07) is 9.19. The van der Waals surface area contributed by atoms with Crippen LogP contribution in [-0.4, -0.2) is 50.7 Å². The van der Waals surface area contributed by atoms with E-state index in [1.807, 2.05) is 36.6 Å². The molecule has 0 bridgehead atoms. The highest BCUT2D eigenvalue weighted by molar-refractivity contribution is 6.02. The van der Waals surface area contributed by atoms with E-state index in [0.717, 1.165) is 17.1 Å². The number of ketones is 1. The van der Waals surface area contributed by atoms with Gasteiger partial charge in [-0.25, -0.2) is 14.3 Å². The van der Waals surface area contributed by atoms with Gasteiger partial charge in [-0.15, -0.1) is 0 Å². The first kappa shape index (κ1) is 20.7.